The van der Waals surface area contributed by atoms with Crippen LogP contribution in [-0.4, -0.2) is 129 Å². The fourth-order valence-corrected chi connectivity index (χ4v) is 3.96. The molecule has 0 spiro atoms. The van der Waals surface area contributed by atoms with Crippen molar-refractivity contribution < 1.29 is 61.5 Å². The highest BCUT2D eigenvalue weighted by atomic mass is 16.6. The number of rotatable bonds is 29. The van der Waals surface area contributed by atoms with Crippen LogP contribution in [0.15, 0.2) is 47.0 Å². The minimum Gasteiger partial charge on any atom is -0.491 e. The molecule has 0 saturated carbocycles. The van der Waals surface area contributed by atoms with E-state index in [-0.39, 0.29) is 13.0 Å². The number of carbonyl (C=O) groups is 1. The highest BCUT2D eigenvalue weighted by molar-refractivity contribution is 5.76. The molecule has 2 heterocycles. The summed E-state index contributed by atoms with van der Waals surface area (Å²) in [6, 6.07) is 11.4. The first kappa shape index (κ1) is 37.2. The lowest BCUT2D eigenvalue weighted by atomic mass is 10.3. The molecule has 1 N–H and O–H groups in total. The van der Waals surface area contributed by atoms with Crippen LogP contribution >= 0.6 is 0 Å². The molecule has 3 aromatic rings. The first-order chi connectivity index (χ1) is 22.7. The molecule has 0 aliphatic rings. The summed E-state index contributed by atoms with van der Waals surface area (Å²) in [5, 5.41) is 8.55. The zero-order chi connectivity index (χ0) is 32.5. The van der Waals surface area contributed by atoms with Crippen molar-refractivity contribution in [1.29, 1.82) is 0 Å². The van der Waals surface area contributed by atoms with Crippen molar-refractivity contribution in [3.05, 3.63) is 42.6 Å². The summed E-state index contributed by atoms with van der Waals surface area (Å²) in [6.07, 6.45) is 1.95. The summed E-state index contributed by atoms with van der Waals surface area (Å²) >= 11 is 0. The number of aliphatic carboxylic acids is 1. The van der Waals surface area contributed by atoms with Crippen LogP contribution in [0.4, 0.5) is 0 Å². The molecule has 1 aromatic carbocycles. The molecule has 0 amide bonds. The average Bonchev–Trinajstić information content (AvgIpc) is 3.49. The van der Waals surface area contributed by atoms with E-state index in [0.29, 0.717) is 123 Å². The van der Waals surface area contributed by atoms with Gasteiger partial charge in [0.2, 0.25) is 0 Å². The first-order valence-corrected chi connectivity index (χ1v) is 15.4. The molecule has 2 aromatic heterocycles. The molecule has 0 saturated heterocycles. The Balaban J connectivity index is 1.28. The maximum Gasteiger partial charge on any atom is 0.305 e. The van der Waals surface area contributed by atoms with Crippen molar-refractivity contribution in [2.75, 3.05) is 113 Å². The van der Waals surface area contributed by atoms with E-state index in [0.717, 1.165) is 11.2 Å². The summed E-state index contributed by atoms with van der Waals surface area (Å²) in [4.78, 5) is 15.1. The molecule has 3 rings (SSSR count). The Hall–Kier alpha value is -3.21. The van der Waals surface area contributed by atoms with E-state index in [1.807, 2.05) is 47.2 Å². The normalized spacial score (nSPS) is 11.4. The van der Waals surface area contributed by atoms with E-state index in [4.69, 9.17) is 52.2 Å². The van der Waals surface area contributed by atoms with E-state index < -0.39 is 5.97 Å². The second-order valence-electron chi connectivity index (χ2n) is 9.70. The number of methoxy groups -OCH3 is 1. The maximum atomic E-state index is 10.4. The lowest BCUT2D eigenvalue weighted by Gasteiger charge is -2.08. The van der Waals surface area contributed by atoms with Gasteiger partial charge in [-0.2, -0.15) is 4.57 Å². The van der Waals surface area contributed by atoms with Crippen LogP contribution in [-0.2, 0) is 49.2 Å². The van der Waals surface area contributed by atoms with Crippen molar-refractivity contribution in [3.8, 4) is 17.3 Å². The Morgan fingerprint density at radius 3 is 1.89 bits per heavy atom. The highest BCUT2D eigenvalue weighted by Crippen LogP contribution is 2.25. The van der Waals surface area contributed by atoms with Crippen LogP contribution < -0.4 is 9.30 Å². The van der Waals surface area contributed by atoms with Gasteiger partial charge in [0.1, 0.15) is 24.5 Å². The van der Waals surface area contributed by atoms with E-state index in [1.54, 1.807) is 7.11 Å². The van der Waals surface area contributed by atoms with Crippen LogP contribution in [0.3, 0.4) is 0 Å². The van der Waals surface area contributed by atoms with Crippen LogP contribution in [0.1, 0.15) is 6.42 Å². The molecule has 14 heteroatoms. The Labute approximate surface area is 269 Å². The van der Waals surface area contributed by atoms with Crippen LogP contribution in [0.5, 0.6) is 5.75 Å². The second kappa shape index (κ2) is 24.0. The molecule has 0 bridgehead atoms. The Kier molecular flexibility index (Phi) is 19.5. The van der Waals surface area contributed by atoms with Gasteiger partial charge in [-0.05, 0) is 18.2 Å². The minimum absolute atomic E-state index is 0.00938. The Morgan fingerprint density at radius 2 is 1.28 bits per heavy atom. The number of hydrogen-bond acceptors (Lipinski definition) is 12. The fourth-order valence-electron chi connectivity index (χ4n) is 3.96. The Bertz CT molecular complexity index is 1220. The predicted octanol–water partition coefficient (Wildman–Crippen LogP) is 2.40. The third-order valence-electron chi connectivity index (χ3n) is 6.24. The van der Waals surface area contributed by atoms with Gasteiger partial charge in [0, 0.05) is 25.3 Å². The summed E-state index contributed by atoms with van der Waals surface area (Å²) in [6.45, 7) is 7.83. The maximum absolute atomic E-state index is 10.4. The number of carboxylic acids is 1. The molecule has 0 radical (unpaired) electrons. The zero-order valence-corrected chi connectivity index (χ0v) is 26.6. The number of carboxylic acid groups (broad SMARTS) is 1. The molecule has 0 unspecified atom stereocenters. The largest absolute Gasteiger partial charge is 0.491 e. The predicted molar refractivity (Wildman–Crippen MR) is 165 cm³/mol. The lowest BCUT2D eigenvalue weighted by molar-refractivity contribution is -0.688. The third-order valence-corrected chi connectivity index (χ3v) is 6.24. The van der Waals surface area contributed by atoms with Gasteiger partial charge in [0.05, 0.1) is 98.9 Å². The van der Waals surface area contributed by atoms with Gasteiger partial charge >= 0.3 is 5.97 Å². The molecule has 256 valence electrons. The quantitative estimate of drug-likeness (QED) is 0.0865. The van der Waals surface area contributed by atoms with Crippen molar-refractivity contribution in [1.82, 2.24) is 4.98 Å². The van der Waals surface area contributed by atoms with Gasteiger partial charge in [-0.3, -0.25) is 4.79 Å². The Morgan fingerprint density at radius 1 is 0.717 bits per heavy atom. The van der Waals surface area contributed by atoms with Gasteiger partial charge in [0.25, 0.3) is 11.6 Å². The first-order valence-electron chi connectivity index (χ1n) is 15.4. The molecular weight excluding hydrogens is 604 g/mol. The van der Waals surface area contributed by atoms with E-state index >= 15 is 0 Å². The smallest absolute Gasteiger partial charge is 0.305 e. The third kappa shape index (κ3) is 15.9. The molecule has 0 aliphatic heterocycles. The van der Waals surface area contributed by atoms with Crippen LogP contribution in [0, 0.1) is 0 Å². The number of aromatic nitrogens is 2. The van der Waals surface area contributed by atoms with Gasteiger partial charge in [-0.1, -0.05) is 0 Å². The van der Waals surface area contributed by atoms with Crippen molar-refractivity contribution >= 4 is 17.1 Å². The number of ether oxygens (including phenoxy) is 9. The summed E-state index contributed by atoms with van der Waals surface area (Å²) in [7, 11) is 1.64. The van der Waals surface area contributed by atoms with Gasteiger partial charge < -0.3 is 52.2 Å². The molecule has 14 nitrogen and oxygen atoms in total. The number of hydrogen-bond donors (Lipinski definition) is 1. The lowest BCUT2D eigenvalue weighted by Crippen LogP contribution is -2.38. The van der Waals surface area contributed by atoms with Gasteiger partial charge in [-0.25, -0.2) is 4.98 Å². The van der Waals surface area contributed by atoms with Crippen molar-refractivity contribution in [3.63, 3.8) is 0 Å². The van der Waals surface area contributed by atoms with E-state index in [2.05, 4.69) is 4.98 Å². The zero-order valence-electron chi connectivity index (χ0n) is 26.6. The number of oxazole rings is 1. The number of nitrogens with zero attached hydrogens (tertiary/aromatic N) is 2. The monoisotopic (exact) mass is 651 g/mol. The second-order valence-corrected chi connectivity index (χ2v) is 9.70. The van der Waals surface area contributed by atoms with E-state index in [1.165, 1.54) is 0 Å². The van der Waals surface area contributed by atoms with Gasteiger partial charge in [-0.15, -0.1) is 0 Å². The molecular formula is C32H47N2O12+. The summed E-state index contributed by atoms with van der Waals surface area (Å²) in [5.74, 6) is 0.307. The van der Waals surface area contributed by atoms with Crippen molar-refractivity contribution in [2.45, 2.75) is 13.0 Å². The fraction of sp³-hybridized carbons (Fsp3) is 0.594. The molecule has 0 atom stereocenters. The SMILES string of the molecule is COCCOCCOCCOCCOc1ccc2nc(-c3cccc[n+]3CCOCCOCCOCCOCCC(=O)O)oc2c1. The summed E-state index contributed by atoms with van der Waals surface area (Å²) in [5.41, 5.74) is 2.20. The van der Waals surface area contributed by atoms with Crippen molar-refractivity contribution in [2.24, 2.45) is 0 Å². The molecule has 0 fully saturated rings. The van der Waals surface area contributed by atoms with Gasteiger partial charge in [0.15, 0.2) is 18.3 Å². The van der Waals surface area contributed by atoms with E-state index in [9.17, 15) is 4.79 Å². The topological polar surface area (TPSA) is 150 Å². The van der Waals surface area contributed by atoms with Crippen LogP contribution in [0.25, 0.3) is 22.7 Å². The highest BCUT2D eigenvalue weighted by Gasteiger charge is 2.19. The standard InChI is InChI=1S/C32H46N2O12/c1-37-12-13-40-18-19-43-22-23-44-24-25-45-27-5-6-28-30(26-27)46-32(33-28)29-4-2-3-8-34(29)9-11-39-15-17-42-21-20-41-16-14-38-10-7-31(35)36/h2-6,8,26H,7,9-25H2,1H3/p+1. The number of benzene rings is 1. The molecule has 46 heavy (non-hydrogen) atoms. The summed E-state index contributed by atoms with van der Waals surface area (Å²) < 4.78 is 57.0. The van der Waals surface area contributed by atoms with Crippen LogP contribution in [0.2, 0.25) is 0 Å². The number of fused-ring (bicyclic) bond motifs is 1. The number of pyridine rings is 1. The average molecular weight is 652 g/mol. The minimum atomic E-state index is -0.878. The molecule has 0 aliphatic carbocycles.